The maximum atomic E-state index is 13.7. The summed E-state index contributed by atoms with van der Waals surface area (Å²) in [4.78, 5) is 4.31. The average molecular weight is 230 g/mol. The van der Waals surface area contributed by atoms with Crippen LogP contribution in [0.3, 0.4) is 0 Å². The molecule has 0 fully saturated rings. The van der Waals surface area contributed by atoms with Crippen LogP contribution in [-0.2, 0) is 0 Å². The summed E-state index contributed by atoms with van der Waals surface area (Å²) in [5.41, 5.74) is 7.07. The van der Waals surface area contributed by atoms with E-state index in [9.17, 15) is 4.39 Å². The molecule has 0 aliphatic rings. The monoisotopic (exact) mass is 230 g/mol. The van der Waals surface area contributed by atoms with Crippen LogP contribution in [0.25, 0.3) is 16.8 Å². The second kappa shape index (κ2) is 4.17. The smallest absolute Gasteiger partial charge is 0.131 e. The van der Waals surface area contributed by atoms with Crippen LogP contribution in [0.5, 0.6) is 0 Å². The van der Waals surface area contributed by atoms with Gasteiger partial charge in [0.2, 0.25) is 0 Å². The summed E-state index contributed by atoms with van der Waals surface area (Å²) < 4.78 is 13.7. The largest absolute Gasteiger partial charge is 0.384 e. The fourth-order valence-corrected chi connectivity index (χ4v) is 2.02. The number of hydrogen-bond donors (Lipinski definition) is 1. The number of nitrogens with two attached hydrogens (primary N) is 1. The first-order valence-electron chi connectivity index (χ1n) is 5.55. The number of halogens is 1. The van der Waals surface area contributed by atoms with Crippen LogP contribution in [0.1, 0.15) is 31.0 Å². The summed E-state index contributed by atoms with van der Waals surface area (Å²) in [6, 6.07) is 4.91. The van der Waals surface area contributed by atoms with Gasteiger partial charge in [-0.15, -0.1) is 0 Å². The molecule has 0 saturated carbocycles. The van der Waals surface area contributed by atoms with Gasteiger partial charge in [0.1, 0.15) is 11.6 Å². The van der Waals surface area contributed by atoms with Gasteiger partial charge in [-0.1, -0.05) is 32.6 Å². The van der Waals surface area contributed by atoms with Gasteiger partial charge in [0.15, 0.2) is 0 Å². The van der Waals surface area contributed by atoms with Gasteiger partial charge in [-0.25, -0.2) is 9.37 Å². The van der Waals surface area contributed by atoms with Gasteiger partial charge in [0, 0.05) is 10.9 Å². The summed E-state index contributed by atoms with van der Waals surface area (Å²) in [6.07, 6.45) is 1.53. The third-order valence-corrected chi connectivity index (χ3v) is 2.78. The summed E-state index contributed by atoms with van der Waals surface area (Å²) >= 11 is 0. The van der Waals surface area contributed by atoms with E-state index in [1.54, 1.807) is 12.1 Å². The Morgan fingerprint density at radius 2 is 2.12 bits per heavy atom. The zero-order chi connectivity index (χ0) is 12.6. The van der Waals surface area contributed by atoms with Crippen molar-refractivity contribution in [2.45, 2.75) is 19.8 Å². The Kier molecular flexibility index (Phi) is 2.84. The number of pyridine rings is 1. The van der Waals surface area contributed by atoms with Crippen molar-refractivity contribution in [2.75, 3.05) is 5.73 Å². The van der Waals surface area contributed by atoms with Gasteiger partial charge >= 0.3 is 0 Å². The molecule has 0 unspecified atom stereocenters. The van der Waals surface area contributed by atoms with Crippen LogP contribution in [0.4, 0.5) is 10.2 Å². The van der Waals surface area contributed by atoms with Gasteiger partial charge in [0.25, 0.3) is 0 Å². The van der Waals surface area contributed by atoms with Crippen molar-refractivity contribution < 1.29 is 4.39 Å². The molecule has 0 radical (unpaired) electrons. The molecule has 0 spiro atoms. The second-order valence-corrected chi connectivity index (χ2v) is 4.35. The van der Waals surface area contributed by atoms with Crippen LogP contribution >= 0.6 is 0 Å². The molecule has 1 heterocycles. The lowest BCUT2D eigenvalue weighted by atomic mass is 9.97. The van der Waals surface area contributed by atoms with E-state index in [4.69, 9.17) is 5.73 Å². The van der Waals surface area contributed by atoms with Gasteiger partial charge in [-0.05, 0) is 23.4 Å². The van der Waals surface area contributed by atoms with Gasteiger partial charge in [-0.2, -0.15) is 0 Å². The molecule has 88 valence electrons. The molecule has 0 saturated heterocycles. The molecule has 0 amide bonds. The van der Waals surface area contributed by atoms with E-state index in [2.05, 4.69) is 11.6 Å². The zero-order valence-electron chi connectivity index (χ0n) is 10.00. The molecule has 2 rings (SSSR count). The quantitative estimate of drug-likeness (QED) is 0.853. The summed E-state index contributed by atoms with van der Waals surface area (Å²) in [5.74, 6) is 0.366. The molecule has 0 atom stereocenters. The van der Waals surface area contributed by atoms with Crippen molar-refractivity contribution in [1.82, 2.24) is 4.98 Å². The maximum Gasteiger partial charge on any atom is 0.131 e. The topological polar surface area (TPSA) is 38.9 Å². The lowest BCUT2D eigenvalue weighted by molar-refractivity contribution is 0.626. The predicted octanol–water partition coefficient (Wildman–Crippen LogP) is 3.72. The molecule has 0 bridgehead atoms. The molecule has 2 N–H and O–H groups in total. The number of fused-ring (bicyclic) bond motifs is 1. The Balaban J connectivity index is 2.96. The lowest BCUT2D eigenvalue weighted by Gasteiger charge is -2.13. The van der Waals surface area contributed by atoms with E-state index < -0.39 is 0 Å². The Morgan fingerprint density at radius 1 is 1.41 bits per heavy atom. The zero-order valence-corrected chi connectivity index (χ0v) is 10.00. The first kappa shape index (κ1) is 11.6. The highest BCUT2D eigenvalue weighted by Crippen LogP contribution is 2.30. The molecule has 3 heteroatoms. The lowest BCUT2D eigenvalue weighted by Crippen LogP contribution is -2.01. The summed E-state index contributed by atoms with van der Waals surface area (Å²) in [6.45, 7) is 7.69. The van der Waals surface area contributed by atoms with Gasteiger partial charge < -0.3 is 5.73 Å². The first-order valence-corrected chi connectivity index (χ1v) is 5.55. The second-order valence-electron chi connectivity index (χ2n) is 4.35. The van der Waals surface area contributed by atoms with Crippen molar-refractivity contribution in [3.63, 3.8) is 0 Å². The third kappa shape index (κ3) is 1.88. The van der Waals surface area contributed by atoms with Crippen LogP contribution in [0.2, 0.25) is 0 Å². The first-order chi connectivity index (χ1) is 8.04. The standard InChI is InChI=1S/C14H15FN2/c1-4-10-11(15)6-5-9-7-12(16)17-14(8(2)3)13(9)10/h4-8H,1H2,2-3H3,(H2,16,17). The van der Waals surface area contributed by atoms with Gasteiger partial charge in [-0.3, -0.25) is 0 Å². The van der Waals surface area contributed by atoms with Crippen LogP contribution in [0, 0.1) is 5.82 Å². The Morgan fingerprint density at radius 3 is 2.71 bits per heavy atom. The summed E-state index contributed by atoms with van der Waals surface area (Å²) in [5, 5.41) is 1.71. The van der Waals surface area contributed by atoms with Crippen LogP contribution < -0.4 is 5.73 Å². The van der Waals surface area contributed by atoms with Crippen molar-refractivity contribution in [1.29, 1.82) is 0 Å². The molecule has 1 aromatic carbocycles. The average Bonchev–Trinajstić information content (AvgIpc) is 2.28. The van der Waals surface area contributed by atoms with Gasteiger partial charge in [0.05, 0.1) is 5.69 Å². The minimum absolute atomic E-state index is 0.182. The van der Waals surface area contributed by atoms with Crippen molar-refractivity contribution in [2.24, 2.45) is 0 Å². The fraction of sp³-hybridized carbons (Fsp3) is 0.214. The van der Waals surface area contributed by atoms with Crippen LogP contribution in [-0.4, -0.2) is 4.98 Å². The number of nitrogen functional groups attached to an aromatic ring is 1. The Labute approximate surface area is 100.0 Å². The van der Waals surface area contributed by atoms with E-state index in [0.717, 1.165) is 16.5 Å². The number of anilines is 1. The number of benzene rings is 1. The number of aromatic nitrogens is 1. The highest BCUT2D eigenvalue weighted by molar-refractivity contribution is 5.94. The molecular weight excluding hydrogens is 215 g/mol. The number of hydrogen-bond acceptors (Lipinski definition) is 2. The van der Waals surface area contributed by atoms with Crippen molar-refractivity contribution >= 4 is 22.7 Å². The fourth-order valence-electron chi connectivity index (χ4n) is 2.02. The minimum Gasteiger partial charge on any atom is -0.384 e. The van der Waals surface area contributed by atoms with E-state index in [1.165, 1.54) is 12.1 Å². The van der Waals surface area contributed by atoms with Crippen LogP contribution in [0.15, 0.2) is 24.8 Å². The Bertz CT molecular complexity index is 588. The van der Waals surface area contributed by atoms with Crippen molar-refractivity contribution in [3.05, 3.63) is 41.9 Å². The normalized spacial score (nSPS) is 11.1. The minimum atomic E-state index is -0.277. The molecule has 1 aromatic heterocycles. The maximum absolute atomic E-state index is 13.7. The molecule has 2 nitrogen and oxygen atoms in total. The highest BCUT2D eigenvalue weighted by Gasteiger charge is 2.13. The Hall–Kier alpha value is -1.90. The van der Waals surface area contributed by atoms with E-state index in [-0.39, 0.29) is 11.7 Å². The third-order valence-electron chi connectivity index (χ3n) is 2.78. The predicted molar refractivity (Wildman–Crippen MR) is 70.3 cm³/mol. The van der Waals surface area contributed by atoms with E-state index in [1.807, 2.05) is 13.8 Å². The molecular formula is C14H15FN2. The molecule has 2 aromatic rings. The number of nitrogens with zero attached hydrogens (tertiary/aromatic N) is 1. The van der Waals surface area contributed by atoms with E-state index in [0.29, 0.717) is 11.4 Å². The molecule has 0 aliphatic heterocycles. The van der Waals surface area contributed by atoms with Crippen molar-refractivity contribution in [3.8, 4) is 0 Å². The highest BCUT2D eigenvalue weighted by atomic mass is 19.1. The number of rotatable bonds is 2. The van der Waals surface area contributed by atoms with E-state index >= 15 is 0 Å². The molecule has 17 heavy (non-hydrogen) atoms. The summed E-state index contributed by atoms with van der Waals surface area (Å²) in [7, 11) is 0. The molecule has 0 aliphatic carbocycles. The SMILES string of the molecule is C=Cc1c(F)ccc2cc(N)nc(C(C)C)c12.